The zero-order valence-corrected chi connectivity index (χ0v) is 16.5. The summed E-state index contributed by atoms with van der Waals surface area (Å²) in [5.74, 6) is 0.973. The number of nitrogens with one attached hydrogen (secondary N) is 1. The zero-order chi connectivity index (χ0) is 15.5. The van der Waals surface area contributed by atoms with E-state index < -0.39 is 0 Å². The molecule has 0 aromatic rings. The summed E-state index contributed by atoms with van der Waals surface area (Å²) in [6.07, 6.45) is 4.81. The number of halogens is 2. The van der Waals surface area contributed by atoms with E-state index in [0.717, 1.165) is 38.4 Å². The van der Waals surface area contributed by atoms with Gasteiger partial charge < -0.3 is 19.9 Å². The Bertz CT molecular complexity index is 288. The van der Waals surface area contributed by atoms with Crippen molar-refractivity contribution in [3.05, 3.63) is 0 Å². The molecule has 0 aromatic heterocycles. The second-order valence-electron chi connectivity index (χ2n) is 6.11. The number of rotatable bonds is 10. The van der Waals surface area contributed by atoms with Gasteiger partial charge in [-0.2, -0.15) is 0 Å². The van der Waals surface area contributed by atoms with E-state index in [1.165, 1.54) is 25.9 Å². The van der Waals surface area contributed by atoms with E-state index in [1.807, 2.05) is 4.90 Å². The van der Waals surface area contributed by atoms with E-state index in [4.69, 9.17) is 4.74 Å². The lowest BCUT2D eigenvalue weighted by atomic mass is 9.96. The van der Waals surface area contributed by atoms with Crippen LogP contribution >= 0.6 is 24.8 Å². The number of nitrogens with zero attached hydrogens (tertiary/aromatic N) is 2. The Labute approximate surface area is 154 Å². The lowest BCUT2D eigenvalue weighted by Crippen LogP contribution is -2.44. The molecule has 0 bridgehead atoms. The van der Waals surface area contributed by atoms with E-state index in [9.17, 15) is 4.79 Å². The first kappa shape index (κ1) is 25.2. The van der Waals surface area contributed by atoms with Crippen molar-refractivity contribution in [3.8, 4) is 0 Å². The molecule has 23 heavy (non-hydrogen) atoms. The first-order valence-electron chi connectivity index (χ1n) is 8.33. The van der Waals surface area contributed by atoms with Crippen LogP contribution in [0.2, 0.25) is 0 Å². The monoisotopic (exact) mass is 371 g/mol. The van der Waals surface area contributed by atoms with Crippen molar-refractivity contribution in [2.45, 2.75) is 32.6 Å². The van der Waals surface area contributed by atoms with Gasteiger partial charge in [0.05, 0.1) is 13.2 Å². The minimum absolute atomic E-state index is 0. The second-order valence-corrected chi connectivity index (χ2v) is 6.11. The number of likely N-dealkylation sites (tertiary alicyclic amines) is 1. The third-order valence-corrected chi connectivity index (χ3v) is 4.19. The molecule has 0 spiro atoms. The molecule has 1 heterocycles. The molecular weight excluding hydrogens is 337 g/mol. The fourth-order valence-electron chi connectivity index (χ4n) is 2.81. The molecule has 0 saturated carbocycles. The maximum atomic E-state index is 12.0. The van der Waals surface area contributed by atoms with Gasteiger partial charge in [-0.1, -0.05) is 13.3 Å². The molecular formula is C16H35Cl2N3O2. The van der Waals surface area contributed by atoms with Gasteiger partial charge in [-0.15, -0.1) is 24.8 Å². The Kier molecular flexibility index (Phi) is 16.9. The summed E-state index contributed by atoms with van der Waals surface area (Å²) in [4.78, 5) is 16.5. The minimum atomic E-state index is 0. The van der Waals surface area contributed by atoms with E-state index in [0.29, 0.717) is 13.2 Å². The number of carbonyl (C=O) groups excluding carboxylic acids is 1. The maximum Gasteiger partial charge on any atom is 0.236 e. The Morgan fingerprint density at radius 1 is 1.30 bits per heavy atom. The molecule has 1 aliphatic rings. The molecule has 1 amide bonds. The molecule has 1 rings (SSSR count). The van der Waals surface area contributed by atoms with Crippen molar-refractivity contribution < 1.29 is 9.53 Å². The molecule has 0 radical (unpaired) electrons. The van der Waals surface area contributed by atoms with Crippen molar-refractivity contribution >= 4 is 30.7 Å². The normalized spacial score (nSPS) is 15.2. The molecule has 1 aliphatic heterocycles. The molecule has 5 nitrogen and oxygen atoms in total. The van der Waals surface area contributed by atoms with Gasteiger partial charge in [0, 0.05) is 33.3 Å². The number of hydrogen-bond donors (Lipinski definition) is 1. The Morgan fingerprint density at radius 3 is 2.52 bits per heavy atom. The summed E-state index contributed by atoms with van der Waals surface area (Å²) in [7, 11) is 3.89. The third-order valence-electron chi connectivity index (χ3n) is 4.19. The van der Waals surface area contributed by atoms with Crippen LogP contribution in [0.15, 0.2) is 0 Å². The van der Waals surface area contributed by atoms with Crippen molar-refractivity contribution in [2.24, 2.45) is 5.92 Å². The van der Waals surface area contributed by atoms with Gasteiger partial charge in [0.1, 0.15) is 0 Å². The fraction of sp³-hybridized carbons (Fsp3) is 0.938. The molecule has 1 saturated heterocycles. The first-order valence-corrected chi connectivity index (χ1v) is 8.33. The molecule has 0 atom stereocenters. The van der Waals surface area contributed by atoms with Crippen LogP contribution in [0.4, 0.5) is 0 Å². The average Bonchev–Trinajstić information content (AvgIpc) is 2.50. The van der Waals surface area contributed by atoms with Gasteiger partial charge in [-0.25, -0.2) is 0 Å². The summed E-state index contributed by atoms with van der Waals surface area (Å²) in [5, 5.41) is 3.13. The Hall–Kier alpha value is -0.0700. The van der Waals surface area contributed by atoms with Crippen LogP contribution in [0.1, 0.15) is 32.6 Å². The number of hydrogen-bond acceptors (Lipinski definition) is 4. The summed E-state index contributed by atoms with van der Waals surface area (Å²) in [6.45, 7) is 8.25. The Morgan fingerprint density at radius 2 is 1.96 bits per heavy atom. The summed E-state index contributed by atoms with van der Waals surface area (Å²) >= 11 is 0. The number of unbranched alkanes of at least 4 members (excludes halogenated alkanes) is 1. The van der Waals surface area contributed by atoms with E-state index in [2.05, 4.69) is 24.2 Å². The molecule has 140 valence electrons. The smallest absolute Gasteiger partial charge is 0.236 e. The number of amides is 1. The number of carbonyl (C=O) groups is 1. The van der Waals surface area contributed by atoms with Crippen molar-refractivity contribution in [3.63, 3.8) is 0 Å². The number of piperidine rings is 1. The zero-order valence-electron chi connectivity index (χ0n) is 14.9. The van der Waals surface area contributed by atoms with Crippen molar-refractivity contribution in [1.29, 1.82) is 0 Å². The molecule has 7 heteroatoms. The highest BCUT2D eigenvalue weighted by Crippen LogP contribution is 2.18. The standard InChI is InChI=1S/C16H33N3O2.2ClH/c1-4-5-9-18(2)14-15-6-10-19(11-7-15)16(20)13-17-8-12-21-3;;/h15,17H,4-14H2,1-3H3;2*1H. The SMILES string of the molecule is CCCCN(C)CC1CCN(C(=O)CNCCOC)CC1.Cl.Cl. The highest BCUT2D eigenvalue weighted by molar-refractivity contribution is 5.85. The van der Waals surface area contributed by atoms with Gasteiger partial charge in [0.15, 0.2) is 0 Å². The van der Waals surface area contributed by atoms with E-state index in [-0.39, 0.29) is 30.7 Å². The summed E-state index contributed by atoms with van der Waals surface area (Å²) < 4.78 is 4.96. The average molecular weight is 372 g/mol. The lowest BCUT2D eigenvalue weighted by molar-refractivity contribution is -0.131. The largest absolute Gasteiger partial charge is 0.383 e. The van der Waals surface area contributed by atoms with Crippen LogP contribution in [-0.4, -0.2) is 75.7 Å². The highest BCUT2D eigenvalue weighted by Gasteiger charge is 2.23. The maximum absolute atomic E-state index is 12.0. The van der Waals surface area contributed by atoms with Gasteiger partial charge >= 0.3 is 0 Å². The minimum Gasteiger partial charge on any atom is -0.383 e. The molecule has 0 unspecified atom stereocenters. The second kappa shape index (κ2) is 15.5. The van der Waals surface area contributed by atoms with Crippen LogP contribution in [-0.2, 0) is 9.53 Å². The molecule has 0 aliphatic carbocycles. The van der Waals surface area contributed by atoms with E-state index in [1.54, 1.807) is 7.11 Å². The summed E-state index contributed by atoms with van der Waals surface area (Å²) in [5.41, 5.74) is 0. The van der Waals surface area contributed by atoms with Crippen LogP contribution in [0.5, 0.6) is 0 Å². The molecule has 1 N–H and O–H groups in total. The number of ether oxygens (including phenoxy) is 1. The summed E-state index contributed by atoms with van der Waals surface area (Å²) in [6, 6.07) is 0. The Balaban J connectivity index is 0. The quantitative estimate of drug-likeness (QED) is 0.596. The third kappa shape index (κ3) is 11.2. The number of methoxy groups -OCH3 is 1. The first-order chi connectivity index (χ1) is 10.2. The van der Waals surface area contributed by atoms with Crippen LogP contribution < -0.4 is 5.32 Å². The predicted molar refractivity (Wildman–Crippen MR) is 101 cm³/mol. The molecule has 0 aromatic carbocycles. The lowest BCUT2D eigenvalue weighted by Gasteiger charge is -2.34. The van der Waals surface area contributed by atoms with Crippen molar-refractivity contribution in [2.75, 3.05) is 60.0 Å². The van der Waals surface area contributed by atoms with Gasteiger partial charge in [0.25, 0.3) is 0 Å². The highest BCUT2D eigenvalue weighted by atomic mass is 35.5. The van der Waals surface area contributed by atoms with E-state index >= 15 is 0 Å². The fourth-order valence-corrected chi connectivity index (χ4v) is 2.81. The topological polar surface area (TPSA) is 44.8 Å². The van der Waals surface area contributed by atoms with Crippen LogP contribution in [0, 0.1) is 5.92 Å². The molecule has 1 fully saturated rings. The van der Waals surface area contributed by atoms with Gasteiger partial charge in [-0.3, -0.25) is 4.79 Å². The van der Waals surface area contributed by atoms with Crippen molar-refractivity contribution in [1.82, 2.24) is 15.1 Å². The van der Waals surface area contributed by atoms with Crippen LogP contribution in [0.3, 0.4) is 0 Å². The van der Waals surface area contributed by atoms with Gasteiger partial charge in [-0.05, 0) is 38.8 Å². The predicted octanol–water partition coefficient (Wildman–Crippen LogP) is 2.04. The van der Waals surface area contributed by atoms with Gasteiger partial charge in [0.2, 0.25) is 5.91 Å². The van der Waals surface area contributed by atoms with Crippen LogP contribution in [0.25, 0.3) is 0 Å².